The number of aryl methyl sites for hydroxylation is 1. The largest absolute Gasteiger partial charge is 0.490 e. The number of hydrogen-bond acceptors (Lipinski definition) is 5. The molecular weight excluding hydrogens is 308 g/mol. The molecule has 0 fully saturated rings. The minimum absolute atomic E-state index is 0.595. The smallest absolute Gasteiger partial charge is 0.164 e. The van der Waals surface area contributed by atoms with E-state index in [2.05, 4.69) is 32.0 Å². The van der Waals surface area contributed by atoms with Gasteiger partial charge >= 0.3 is 0 Å². The van der Waals surface area contributed by atoms with E-state index in [0.717, 1.165) is 29.9 Å². The molecule has 23 heavy (non-hydrogen) atoms. The second kappa shape index (κ2) is 8.91. The fourth-order valence-electron chi connectivity index (χ4n) is 2.33. The summed E-state index contributed by atoms with van der Waals surface area (Å²) in [6, 6.07) is 8.39. The summed E-state index contributed by atoms with van der Waals surface area (Å²) < 4.78 is 11.8. The molecule has 0 amide bonds. The standard InChI is InChI=1S/C18H26N2O2S/c1-13-5-8-17(23-13)15-6-7-16(21-11-3-9-19)18(14(15)2)22-12-4-10-20/h5-8H,3-4,9-12,19-20H2,1-2H3. The Hall–Kier alpha value is -1.56. The first-order valence-electron chi connectivity index (χ1n) is 8.03. The maximum atomic E-state index is 5.98. The molecule has 0 unspecified atom stereocenters. The third-order valence-electron chi connectivity index (χ3n) is 3.58. The van der Waals surface area contributed by atoms with Crippen LogP contribution in [0.15, 0.2) is 24.3 Å². The van der Waals surface area contributed by atoms with Gasteiger partial charge in [-0.3, -0.25) is 0 Å². The Bertz CT molecular complexity index is 625. The predicted molar refractivity (Wildman–Crippen MR) is 97.6 cm³/mol. The first kappa shape index (κ1) is 17.8. The second-order valence-corrected chi connectivity index (χ2v) is 6.74. The zero-order valence-corrected chi connectivity index (χ0v) is 14.7. The summed E-state index contributed by atoms with van der Waals surface area (Å²) >= 11 is 1.79. The summed E-state index contributed by atoms with van der Waals surface area (Å²) in [5, 5.41) is 0. The van der Waals surface area contributed by atoms with Crippen LogP contribution in [-0.2, 0) is 0 Å². The van der Waals surface area contributed by atoms with Crippen LogP contribution in [0, 0.1) is 13.8 Å². The molecule has 0 aliphatic carbocycles. The lowest BCUT2D eigenvalue weighted by molar-refractivity contribution is 0.264. The Morgan fingerprint density at radius 1 is 0.913 bits per heavy atom. The first-order valence-corrected chi connectivity index (χ1v) is 8.85. The molecule has 2 aromatic rings. The van der Waals surface area contributed by atoms with Gasteiger partial charge in [0.05, 0.1) is 13.2 Å². The van der Waals surface area contributed by atoms with Gasteiger partial charge in [0.25, 0.3) is 0 Å². The molecule has 2 rings (SSSR count). The van der Waals surface area contributed by atoms with Crippen LogP contribution in [0.2, 0.25) is 0 Å². The molecule has 1 aromatic carbocycles. The molecule has 4 nitrogen and oxygen atoms in total. The van der Waals surface area contributed by atoms with Gasteiger partial charge in [-0.05, 0) is 69.6 Å². The number of rotatable bonds is 9. The van der Waals surface area contributed by atoms with Crippen molar-refractivity contribution in [3.63, 3.8) is 0 Å². The molecule has 0 saturated heterocycles. The van der Waals surface area contributed by atoms with Gasteiger partial charge < -0.3 is 20.9 Å². The van der Waals surface area contributed by atoms with Gasteiger partial charge in [-0.25, -0.2) is 0 Å². The highest BCUT2D eigenvalue weighted by molar-refractivity contribution is 7.15. The topological polar surface area (TPSA) is 70.5 Å². The molecule has 1 heterocycles. The zero-order chi connectivity index (χ0) is 16.7. The molecule has 0 saturated carbocycles. The molecule has 0 aliphatic heterocycles. The maximum absolute atomic E-state index is 5.98. The molecule has 0 spiro atoms. The van der Waals surface area contributed by atoms with Gasteiger partial charge in [0, 0.05) is 15.3 Å². The maximum Gasteiger partial charge on any atom is 0.164 e. The van der Waals surface area contributed by atoms with Crippen LogP contribution in [0.1, 0.15) is 23.3 Å². The molecule has 0 aliphatic rings. The summed E-state index contributed by atoms with van der Waals surface area (Å²) in [5.74, 6) is 1.60. The van der Waals surface area contributed by atoms with Crippen molar-refractivity contribution in [3.8, 4) is 21.9 Å². The van der Waals surface area contributed by atoms with Crippen molar-refractivity contribution in [1.29, 1.82) is 0 Å². The summed E-state index contributed by atoms with van der Waals surface area (Å²) in [4.78, 5) is 2.55. The van der Waals surface area contributed by atoms with E-state index in [1.54, 1.807) is 11.3 Å². The molecule has 0 bridgehead atoms. The normalized spacial score (nSPS) is 10.8. The van der Waals surface area contributed by atoms with E-state index in [1.807, 2.05) is 6.07 Å². The molecular formula is C18H26N2O2S. The minimum Gasteiger partial charge on any atom is -0.490 e. The summed E-state index contributed by atoms with van der Waals surface area (Å²) in [7, 11) is 0. The van der Waals surface area contributed by atoms with E-state index >= 15 is 0 Å². The van der Waals surface area contributed by atoms with Gasteiger partial charge in [-0.2, -0.15) is 0 Å². The predicted octanol–water partition coefficient (Wildman–Crippen LogP) is 3.49. The Morgan fingerprint density at radius 2 is 1.61 bits per heavy atom. The fourth-order valence-corrected chi connectivity index (χ4v) is 3.28. The van der Waals surface area contributed by atoms with Gasteiger partial charge in [0.15, 0.2) is 11.5 Å². The fraction of sp³-hybridized carbons (Fsp3) is 0.444. The average Bonchev–Trinajstić information content (AvgIpc) is 2.96. The van der Waals surface area contributed by atoms with Crippen LogP contribution in [-0.4, -0.2) is 26.3 Å². The number of hydrogen-bond donors (Lipinski definition) is 2. The quantitative estimate of drug-likeness (QED) is 0.689. The monoisotopic (exact) mass is 334 g/mol. The summed E-state index contributed by atoms with van der Waals surface area (Å²) in [6.07, 6.45) is 1.65. The second-order valence-electron chi connectivity index (χ2n) is 5.46. The van der Waals surface area contributed by atoms with Crippen LogP contribution in [0.3, 0.4) is 0 Å². The van der Waals surface area contributed by atoms with Gasteiger partial charge in [-0.15, -0.1) is 11.3 Å². The molecule has 1 aromatic heterocycles. The van der Waals surface area contributed by atoms with Crippen molar-refractivity contribution >= 4 is 11.3 Å². The van der Waals surface area contributed by atoms with Gasteiger partial charge in [0.2, 0.25) is 0 Å². The highest BCUT2D eigenvalue weighted by atomic mass is 32.1. The SMILES string of the molecule is Cc1ccc(-c2ccc(OCCCN)c(OCCCN)c2C)s1. The first-order chi connectivity index (χ1) is 11.2. The van der Waals surface area contributed by atoms with Gasteiger partial charge in [-0.1, -0.05) is 0 Å². The molecule has 5 heteroatoms. The van der Waals surface area contributed by atoms with Crippen LogP contribution < -0.4 is 20.9 Å². The highest BCUT2D eigenvalue weighted by Gasteiger charge is 2.15. The van der Waals surface area contributed by atoms with Crippen molar-refractivity contribution in [2.45, 2.75) is 26.7 Å². The summed E-state index contributed by atoms with van der Waals surface area (Å²) in [6.45, 7) is 6.63. The van der Waals surface area contributed by atoms with Crippen molar-refractivity contribution in [1.82, 2.24) is 0 Å². The van der Waals surface area contributed by atoms with E-state index < -0.39 is 0 Å². The minimum atomic E-state index is 0.595. The highest BCUT2D eigenvalue weighted by Crippen LogP contribution is 2.40. The zero-order valence-electron chi connectivity index (χ0n) is 13.9. The van der Waals surface area contributed by atoms with Crippen molar-refractivity contribution in [2.24, 2.45) is 11.5 Å². The summed E-state index contributed by atoms with van der Waals surface area (Å²) in [5.41, 5.74) is 13.4. The molecule has 4 N–H and O–H groups in total. The lowest BCUT2D eigenvalue weighted by Gasteiger charge is -2.17. The number of benzene rings is 1. The molecule has 0 atom stereocenters. The number of ether oxygens (including phenoxy) is 2. The third kappa shape index (κ3) is 4.70. The van der Waals surface area contributed by atoms with E-state index in [1.165, 1.54) is 15.3 Å². The van der Waals surface area contributed by atoms with Crippen molar-refractivity contribution in [3.05, 3.63) is 34.7 Å². The van der Waals surface area contributed by atoms with Crippen LogP contribution in [0.4, 0.5) is 0 Å². The Morgan fingerprint density at radius 3 is 2.22 bits per heavy atom. The Balaban J connectivity index is 2.30. The number of nitrogens with two attached hydrogens (primary N) is 2. The van der Waals surface area contributed by atoms with Gasteiger partial charge in [0.1, 0.15) is 0 Å². The Labute approximate surface area is 142 Å². The lowest BCUT2D eigenvalue weighted by atomic mass is 10.1. The van der Waals surface area contributed by atoms with E-state index in [4.69, 9.17) is 20.9 Å². The molecule has 0 radical (unpaired) electrons. The third-order valence-corrected chi connectivity index (χ3v) is 4.61. The van der Waals surface area contributed by atoms with Crippen LogP contribution >= 0.6 is 11.3 Å². The average molecular weight is 334 g/mol. The lowest BCUT2D eigenvalue weighted by Crippen LogP contribution is -2.10. The molecule has 126 valence electrons. The van der Waals surface area contributed by atoms with E-state index in [9.17, 15) is 0 Å². The van der Waals surface area contributed by atoms with E-state index in [-0.39, 0.29) is 0 Å². The van der Waals surface area contributed by atoms with Crippen molar-refractivity contribution < 1.29 is 9.47 Å². The van der Waals surface area contributed by atoms with Crippen LogP contribution in [0.5, 0.6) is 11.5 Å². The van der Waals surface area contributed by atoms with Crippen molar-refractivity contribution in [2.75, 3.05) is 26.3 Å². The van der Waals surface area contributed by atoms with Crippen LogP contribution in [0.25, 0.3) is 10.4 Å². The Kier molecular flexibility index (Phi) is 6.89. The number of thiophene rings is 1. The van der Waals surface area contributed by atoms with E-state index in [0.29, 0.717) is 26.3 Å².